The predicted molar refractivity (Wildman–Crippen MR) is 102 cm³/mol. The Labute approximate surface area is 156 Å². The molecule has 1 aliphatic rings. The number of carbonyl (C=O) groups excluding carboxylic acids is 2. The molecule has 134 valence electrons. The molecule has 2 aromatic carbocycles. The number of hydrogen-bond donors (Lipinski definition) is 2. The number of nitriles is 1. The number of rotatable bonds is 4. The lowest BCUT2D eigenvalue weighted by Gasteiger charge is -2.14. The Kier molecular flexibility index (Phi) is 3.93. The van der Waals surface area contributed by atoms with Gasteiger partial charge in [0.1, 0.15) is 5.82 Å². The summed E-state index contributed by atoms with van der Waals surface area (Å²) < 4.78 is 0. The molecule has 0 spiro atoms. The van der Waals surface area contributed by atoms with E-state index in [0.29, 0.717) is 23.4 Å². The van der Waals surface area contributed by atoms with Crippen molar-refractivity contribution in [2.24, 2.45) is 0 Å². The van der Waals surface area contributed by atoms with E-state index in [2.05, 4.69) is 11.1 Å². The number of H-pyrrole nitrogens is 1. The lowest BCUT2D eigenvalue weighted by molar-refractivity contribution is 0.0656. The molecular weight excluding hydrogens is 340 g/mol. The summed E-state index contributed by atoms with van der Waals surface area (Å²) >= 11 is 0. The number of aromatic nitrogens is 1. The van der Waals surface area contributed by atoms with Crippen LogP contribution in [-0.2, 0) is 6.42 Å². The standard InChI is InChI=1S/C21H18N4O2/c1-12(11-22)13-7-4-8-17-18(13)16(19(23)24-17)9-10-25-20(26)14-5-2-3-6-15(14)21(25)27/h2-8,12,24H,9-10,23H2,1H3. The quantitative estimate of drug-likeness (QED) is 0.699. The van der Waals surface area contributed by atoms with Crippen molar-refractivity contribution in [3.8, 4) is 6.07 Å². The zero-order chi connectivity index (χ0) is 19.1. The molecule has 1 atom stereocenters. The highest BCUT2D eigenvalue weighted by molar-refractivity contribution is 6.21. The molecule has 6 heteroatoms. The molecule has 6 nitrogen and oxygen atoms in total. The Morgan fingerprint density at radius 3 is 2.41 bits per heavy atom. The summed E-state index contributed by atoms with van der Waals surface area (Å²) in [4.78, 5) is 29.5. The van der Waals surface area contributed by atoms with E-state index in [1.165, 1.54) is 4.90 Å². The van der Waals surface area contributed by atoms with Crippen molar-refractivity contribution in [2.45, 2.75) is 19.3 Å². The highest BCUT2D eigenvalue weighted by atomic mass is 16.2. The molecule has 2 amide bonds. The van der Waals surface area contributed by atoms with Gasteiger partial charge in [-0.25, -0.2) is 0 Å². The number of carbonyl (C=O) groups is 2. The summed E-state index contributed by atoms with van der Waals surface area (Å²) in [6.07, 6.45) is 0.423. The van der Waals surface area contributed by atoms with Gasteiger partial charge in [0.15, 0.2) is 0 Å². The van der Waals surface area contributed by atoms with Gasteiger partial charge in [-0.1, -0.05) is 24.3 Å². The molecule has 3 N–H and O–H groups in total. The molecular formula is C21H18N4O2. The number of benzene rings is 2. The number of nitrogens with two attached hydrogens (primary N) is 1. The van der Waals surface area contributed by atoms with Crippen LogP contribution in [0.2, 0.25) is 0 Å². The topological polar surface area (TPSA) is 103 Å². The first-order chi connectivity index (χ1) is 13.0. The van der Waals surface area contributed by atoms with Gasteiger partial charge < -0.3 is 10.7 Å². The zero-order valence-corrected chi connectivity index (χ0v) is 14.8. The Hall–Kier alpha value is -3.59. The van der Waals surface area contributed by atoms with Crippen LogP contribution in [0.1, 0.15) is 44.7 Å². The van der Waals surface area contributed by atoms with Gasteiger partial charge >= 0.3 is 0 Å². The van der Waals surface area contributed by atoms with Gasteiger partial charge in [-0.15, -0.1) is 0 Å². The van der Waals surface area contributed by atoms with Crippen LogP contribution in [0.25, 0.3) is 10.9 Å². The van der Waals surface area contributed by atoms with E-state index in [4.69, 9.17) is 5.73 Å². The minimum atomic E-state index is -0.290. The van der Waals surface area contributed by atoms with Gasteiger partial charge in [0, 0.05) is 23.0 Å². The fourth-order valence-electron chi connectivity index (χ4n) is 3.72. The number of anilines is 1. The van der Waals surface area contributed by atoms with Crippen molar-refractivity contribution >= 4 is 28.5 Å². The predicted octanol–water partition coefficient (Wildman–Crippen LogP) is 3.22. The first-order valence-electron chi connectivity index (χ1n) is 8.76. The molecule has 0 saturated heterocycles. The van der Waals surface area contributed by atoms with Crippen molar-refractivity contribution in [1.82, 2.24) is 9.88 Å². The summed E-state index contributed by atoms with van der Waals surface area (Å²) in [7, 11) is 0. The molecule has 1 unspecified atom stereocenters. The molecule has 0 fully saturated rings. The molecule has 3 aromatic rings. The smallest absolute Gasteiger partial charge is 0.261 e. The maximum atomic E-state index is 12.6. The Morgan fingerprint density at radius 1 is 1.11 bits per heavy atom. The van der Waals surface area contributed by atoms with Crippen LogP contribution in [0.4, 0.5) is 5.82 Å². The van der Waals surface area contributed by atoms with Crippen LogP contribution in [0.5, 0.6) is 0 Å². The number of imide groups is 1. The van der Waals surface area contributed by atoms with E-state index in [1.54, 1.807) is 24.3 Å². The lowest BCUT2D eigenvalue weighted by Crippen LogP contribution is -2.31. The third-order valence-electron chi connectivity index (χ3n) is 5.12. The summed E-state index contributed by atoms with van der Waals surface area (Å²) in [6, 6.07) is 14.8. The number of amides is 2. The molecule has 0 radical (unpaired) electrons. The Balaban J connectivity index is 1.68. The largest absolute Gasteiger partial charge is 0.385 e. The molecule has 2 heterocycles. The lowest BCUT2D eigenvalue weighted by atomic mass is 9.95. The van der Waals surface area contributed by atoms with Crippen molar-refractivity contribution < 1.29 is 9.59 Å². The molecule has 1 aromatic heterocycles. The van der Waals surface area contributed by atoms with Crippen LogP contribution >= 0.6 is 0 Å². The van der Waals surface area contributed by atoms with Crippen LogP contribution < -0.4 is 5.73 Å². The van der Waals surface area contributed by atoms with Crippen LogP contribution in [0, 0.1) is 11.3 Å². The number of nitrogens with one attached hydrogen (secondary N) is 1. The second-order valence-corrected chi connectivity index (χ2v) is 6.70. The number of nitrogen functional groups attached to an aromatic ring is 1. The summed E-state index contributed by atoms with van der Waals surface area (Å²) in [5.74, 6) is -0.347. The van der Waals surface area contributed by atoms with Crippen LogP contribution in [-0.4, -0.2) is 28.2 Å². The molecule has 0 bridgehead atoms. The number of nitrogens with zero attached hydrogens (tertiary/aromatic N) is 2. The molecule has 0 saturated carbocycles. The van der Waals surface area contributed by atoms with Crippen molar-refractivity contribution in [2.75, 3.05) is 12.3 Å². The third kappa shape index (κ3) is 2.56. The van der Waals surface area contributed by atoms with E-state index in [9.17, 15) is 14.9 Å². The van der Waals surface area contributed by atoms with Gasteiger partial charge in [-0.05, 0) is 37.1 Å². The maximum Gasteiger partial charge on any atom is 0.261 e. The van der Waals surface area contributed by atoms with E-state index in [1.807, 2.05) is 25.1 Å². The maximum absolute atomic E-state index is 12.6. The van der Waals surface area contributed by atoms with Crippen molar-refractivity contribution in [3.63, 3.8) is 0 Å². The average molecular weight is 358 g/mol. The van der Waals surface area contributed by atoms with Gasteiger partial charge in [0.2, 0.25) is 0 Å². The summed E-state index contributed by atoms with van der Waals surface area (Å²) in [6.45, 7) is 2.07. The average Bonchev–Trinajstić information content (AvgIpc) is 3.13. The first-order valence-corrected chi connectivity index (χ1v) is 8.76. The van der Waals surface area contributed by atoms with Crippen LogP contribution in [0.15, 0.2) is 42.5 Å². The van der Waals surface area contributed by atoms with Gasteiger partial charge in [-0.2, -0.15) is 5.26 Å². The fourth-order valence-corrected chi connectivity index (χ4v) is 3.72. The van der Waals surface area contributed by atoms with E-state index in [-0.39, 0.29) is 24.3 Å². The highest BCUT2D eigenvalue weighted by Crippen LogP contribution is 2.32. The number of hydrogen-bond acceptors (Lipinski definition) is 4. The van der Waals surface area contributed by atoms with Gasteiger partial charge in [0.25, 0.3) is 11.8 Å². The van der Waals surface area contributed by atoms with E-state index < -0.39 is 0 Å². The van der Waals surface area contributed by atoms with Gasteiger partial charge in [0.05, 0.1) is 23.1 Å². The number of fused-ring (bicyclic) bond motifs is 2. The Morgan fingerprint density at radius 2 is 1.78 bits per heavy atom. The van der Waals surface area contributed by atoms with E-state index >= 15 is 0 Å². The SMILES string of the molecule is CC(C#N)c1cccc2[nH]c(N)c(CCN3C(=O)c4ccccc4C3=O)c12. The fraction of sp³-hybridized carbons (Fsp3) is 0.190. The second-order valence-electron chi connectivity index (χ2n) is 6.70. The monoisotopic (exact) mass is 358 g/mol. The minimum absolute atomic E-state index is 0.235. The summed E-state index contributed by atoms with van der Waals surface area (Å²) in [5.41, 5.74) is 9.62. The van der Waals surface area contributed by atoms with E-state index in [0.717, 1.165) is 22.0 Å². The van der Waals surface area contributed by atoms with Crippen LogP contribution in [0.3, 0.4) is 0 Å². The first kappa shape index (κ1) is 16.9. The number of aromatic amines is 1. The molecule has 4 rings (SSSR count). The van der Waals surface area contributed by atoms with Gasteiger partial charge in [-0.3, -0.25) is 14.5 Å². The Bertz CT molecular complexity index is 1090. The normalized spacial score (nSPS) is 14.4. The molecule has 27 heavy (non-hydrogen) atoms. The van der Waals surface area contributed by atoms with Crippen molar-refractivity contribution in [3.05, 3.63) is 64.7 Å². The molecule has 1 aliphatic heterocycles. The second kappa shape index (κ2) is 6.29. The highest BCUT2D eigenvalue weighted by Gasteiger charge is 2.35. The van der Waals surface area contributed by atoms with Crippen molar-refractivity contribution in [1.29, 1.82) is 5.26 Å². The molecule has 0 aliphatic carbocycles. The summed E-state index contributed by atoms with van der Waals surface area (Å²) in [5, 5.41) is 10.2. The third-order valence-corrected chi connectivity index (χ3v) is 5.12. The zero-order valence-electron chi connectivity index (χ0n) is 14.8. The minimum Gasteiger partial charge on any atom is -0.385 e.